The Morgan fingerprint density at radius 2 is 1.50 bits per heavy atom. The maximum absolute atomic E-state index is 13.2. The third kappa shape index (κ3) is 6.45. The first-order valence-corrected chi connectivity index (χ1v) is 12.5. The van der Waals surface area contributed by atoms with E-state index in [1.54, 1.807) is 0 Å². The predicted octanol–water partition coefficient (Wildman–Crippen LogP) is 3.02. The molecule has 184 valence electrons. The molecular formula is C28H40N4O2. The minimum atomic E-state index is -0.806. The molecule has 34 heavy (non-hydrogen) atoms. The van der Waals surface area contributed by atoms with Crippen molar-refractivity contribution < 1.29 is 9.59 Å². The molecule has 1 aliphatic heterocycles. The van der Waals surface area contributed by atoms with Gasteiger partial charge in [0.15, 0.2) is 0 Å². The Morgan fingerprint density at radius 3 is 2.00 bits per heavy atom. The number of hydrogen-bond donors (Lipinski definition) is 2. The monoisotopic (exact) mass is 464 g/mol. The molecule has 1 saturated heterocycles. The van der Waals surface area contributed by atoms with Crippen LogP contribution in [0.2, 0.25) is 0 Å². The molecule has 0 bridgehead atoms. The highest BCUT2D eigenvalue weighted by Gasteiger charge is 2.47. The third-order valence-corrected chi connectivity index (χ3v) is 6.98. The van der Waals surface area contributed by atoms with Gasteiger partial charge in [-0.1, -0.05) is 67.1 Å². The number of unbranched alkanes of at least 4 members (excludes halogenated alkanes) is 2. The van der Waals surface area contributed by atoms with Crippen LogP contribution < -0.4 is 11.1 Å². The third-order valence-electron chi connectivity index (χ3n) is 6.98. The van der Waals surface area contributed by atoms with Crippen molar-refractivity contribution in [2.75, 3.05) is 46.8 Å². The number of likely N-dealkylation sites (tertiary alicyclic amines) is 1. The molecule has 2 aromatic carbocycles. The minimum absolute atomic E-state index is 0.0850. The van der Waals surface area contributed by atoms with Crippen molar-refractivity contribution in [2.24, 2.45) is 11.7 Å². The lowest BCUT2D eigenvalue weighted by Crippen LogP contribution is -2.51. The second kappa shape index (κ2) is 12.7. The quantitative estimate of drug-likeness (QED) is 0.474. The van der Waals surface area contributed by atoms with Gasteiger partial charge < -0.3 is 20.9 Å². The number of piperidine rings is 1. The zero-order valence-corrected chi connectivity index (χ0v) is 20.7. The van der Waals surface area contributed by atoms with Crippen LogP contribution >= 0.6 is 0 Å². The van der Waals surface area contributed by atoms with Crippen molar-refractivity contribution in [2.45, 2.75) is 37.5 Å². The summed E-state index contributed by atoms with van der Waals surface area (Å²) in [6, 6.07) is 20.1. The summed E-state index contributed by atoms with van der Waals surface area (Å²) in [5, 5.41) is 2.98. The zero-order chi connectivity index (χ0) is 24.4. The van der Waals surface area contributed by atoms with Crippen molar-refractivity contribution in [1.29, 1.82) is 0 Å². The Kier molecular flexibility index (Phi) is 9.66. The van der Waals surface area contributed by atoms with Crippen molar-refractivity contribution in [3.63, 3.8) is 0 Å². The molecule has 3 N–H and O–H groups in total. The van der Waals surface area contributed by atoms with Crippen molar-refractivity contribution in [3.8, 4) is 0 Å². The van der Waals surface area contributed by atoms with Gasteiger partial charge in [-0.05, 0) is 76.5 Å². The standard InChI is InChI=1S/C28H40N4O2/c1-31(2)22-26(33)30-18-10-5-11-19-32-20-16-25(17-21-32)28(27(29)34,23-12-6-3-7-13-23)24-14-8-4-9-15-24/h3-4,6-9,12-15,25H,5,10-11,16-22H2,1-2H3,(H2,29,34)(H,30,33). The van der Waals surface area contributed by atoms with Gasteiger partial charge in [-0.2, -0.15) is 0 Å². The average molecular weight is 465 g/mol. The lowest BCUT2D eigenvalue weighted by atomic mass is 9.62. The summed E-state index contributed by atoms with van der Waals surface area (Å²) >= 11 is 0. The number of carbonyl (C=O) groups is 2. The number of likely N-dealkylation sites (N-methyl/N-ethyl adjacent to an activating group) is 1. The Bertz CT molecular complexity index is 854. The van der Waals surface area contributed by atoms with E-state index in [1.165, 1.54) is 0 Å². The molecule has 0 aliphatic carbocycles. The van der Waals surface area contributed by atoms with Crippen LogP contribution in [-0.4, -0.2) is 68.4 Å². The van der Waals surface area contributed by atoms with Gasteiger partial charge in [0.05, 0.1) is 6.54 Å². The SMILES string of the molecule is CN(C)CC(=O)NCCCCCN1CCC(C(C(N)=O)(c2ccccc2)c2ccccc2)CC1. The van der Waals surface area contributed by atoms with E-state index < -0.39 is 5.41 Å². The molecule has 2 amide bonds. The molecule has 0 saturated carbocycles. The van der Waals surface area contributed by atoms with Gasteiger partial charge in [0, 0.05) is 6.54 Å². The highest BCUT2D eigenvalue weighted by molar-refractivity contribution is 5.91. The van der Waals surface area contributed by atoms with Crippen LogP contribution in [0, 0.1) is 5.92 Å². The van der Waals surface area contributed by atoms with E-state index in [0.29, 0.717) is 6.54 Å². The Hall–Kier alpha value is -2.70. The summed E-state index contributed by atoms with van der Waals surface area (Å²) in [5.41, 5.74) is 7.36. The Morgan fingerprint density at radius 1 is 0.941 bits per heavy atom. The van der Waals surface area contributed by atoms with E-state index in [1.807, 2.05) is 79.7 Å². The number of hydrogen-bond acceptors (Lipinski definition) is 4. The number of nitrogens with two attached hydrogens (primary N) is 1. The van der Waals surface area contributed by atoms with E-state index in [-0.39, 0.29) is 17.7 Å². The normalized spacial score (nSPS) is 15.4. The molecule has 0 radical (unpaired) electrons. The van der Waals surface area contributed by atoms with Gasteiger partial charge in [0.25, 0.3) is 0 Å². The van der Waals surface area contributed by atoms with Gasteiger partial charge in [-0.15, -0.1) is 0 Å². The van der Waals surface area contributed by atoms with Crippen LogP contribution in [0.3, 0.4) is 0 Å². The first-order chi connectivity index (χ1) is 16.4. The summed E-state index contributed by atoms with van der Waals surface area (Å²) in [7, 11) is 3.80. The molecular weight excluding hydrogens is 424 g/mol. The molecule has 0 aromatic heterocycles. The molecule has 3 rings (SSSR count). The second-order valence-corrected chi connectivity index (χ2v) is 9.67. The zero-order valence-electron chi connectivity index (χ0n) is 20.7. The van der Waals surface area contributed by atoms with Gasteiger partial charge in [-0.3, -0.25) is 9.59 Å². The Labute approximate surface area is 204 Å². The van der Waals surface area contributed by atoms with Gasteiger partial charge >= 0.3 is 0 Å². The summed E-state index contributed by atoms with van der Waals surface area (Å²) in [5.74, 6) is -0.0144. The van der Waals surface area contributed by atoms with Crippen LogP contribution in [0.15, 0.2) is 60.7 Å². The molecule has 6 heteroatoms. The predicted molar refractivity (Wildman–Crippen MR) is 137 cm³/mol. The summed E-state index contributed by atoms with van der Waals surface area (Å²) in [4.78, 5) is 29.2. The maximum atomic E-state index is 13.2. The van der Waals surface area contributed by atoms with Gasteiger partial charge in [-0.25, -0.2) is 0 Å². The molecule has 0 spiro atoms. The molecule has 2 aromatic rings. The van der Waals surface area contributed by atoms with Crippen molar-refractivity contribution in [1.82, 2.24) is 15.1 Å². The molecule has 1 heterocycles. The van der Waals surface area contributed by atoms with Crippen LogP contribution in [-0.2, 0) is 15.0 Å². The van der Waals surface area contributed by atoms with E-state index in [2.05, 4.69) is 10.2 Å². The average Bonchev–Trinajstić information content (AvgIpc) is 2.83. The number of benzene rings is 2. The van der Waals surface area contributed by atoms with Gasteiger partial charge in [0.2, 0.25) is 11.8 Å². The fraction of sp³-hybridized carbons (Fsp3) is 0.500. The number of amides is 2. The Balaban J connectivity index is 1.56. The fourth-order valence-electron chi connectivity index (χ4n) is 5.32. The number of carbonyl (C=O) groups excluding carboxylic acids is 2. The molecule has 0 atom stereocenters. The van der Waals surface area contributed by atoms with E-state index in [0.717, 1.165) is 69.4 Å². The second-order valence-electron chi connectivity index (χ2n) is 9.67. The number of primary amides is 1. The van der Waals surface area contributed by atoms with Crippen LogP contribution in [0.25, 0.3) is 0 Å². The summed E-state index contributed by atoms with van der Waals surface area (Å²) in [6.45, 7) is 4.17. The first-order valence-electron chi connectivity index (χ1n) is 12.5. The van der Waals surface area contributed by atoms with Crippen molar-refractivity contribution in [3.05, 3.63) is 71.8 Å². The fourth-order valence-corrected chi connectivity index (χ4v) is 5.32. The van der Waals surface area contributed by atoms with E-state index in [9.17, 15) is 9.59 Å². The smallest absolute Gasteiger partial charge is 0.234 e. The lowest BCUT2D eigenvalue weighted by molar-refractivity contribution is -0.124. The first kappa shape index (κ1) is 25.9. The largest absolute Gasteiger partial charge is 0.369 e. The lowest BCUT2D eigenvalue weighted by Gasteiger charge is -2.43. The molecule has 0 unspecified atom stereocenters. The molecule has 6 nitrogen and oxygen atoms in total. The van der Waals surface area contributed by atoms with Crippen molar-refractivity contribution >= 4 is 11.8 Å². The summed E-state index contributed by atoms with van der Waals surface area (Å²) in [6.07, 6.45) is 5.09. The number of nitrogens with zero attached hydrogens (tertiary/aromatic N) is 2. The minimum Gasteiger partial charge on any atom is -0.369 e. The van der Waals surface area contributed by atoms with Crippen LogP contribution in [0.5, 0.6) is 0 Å². The maximum Gasteiger partial charge on any atom is 0.234 e. The van der Waals surface area contributed by atoms with E-state index >= 15 is 0 Å². The highest BCUT2D eigenvalue weighted by Crippen LogP contribution is 2.44. The summed E-state index contributed by atoms with van der Waals surface area (Å²) < 4.78 is 0. The van der Waals surface area contributed by atoms with Crippen LogP contribution in [0.4, 0.5) is 0 Å². The molecule has 1 fully saturated rings. The van der Waals surface area contributed by atoms with E-state index in [4.69, 9.17) is 5.73 Å². The number of rotatable bonds is 12. The molecule has 1 aliphatic rings. The number of nitrogens with one attached hydrogen (secondary N) is 1. The van der Waals surface area contributed by atoms with Gasteiger partial charge in [0.1, 0.15) is 5.41 Å². The highest BCUT2D eigenvalue weighted by atomic mass is 16.2. The topological polar surface area (TPSA) is 78.7 Å². The van der Waals surface area contributed by atoms with Crippen LogP contribution in [0.1, 0.15) is 43.2 Å².